The summed E-state index contributed by atoms with van der Waals surface area (Å²) in [5.41, 5.74) is 0.579. The fourth-order valence-corrected chi connectivity index (χ4v) is 2.69. The van der Waals surface area contributed by atoms with Crippen LogP contribution in [0, 0.1) is 0 Å². The SMILES string of the molecule is CC(C)OP(NC(=O)c1ccc(Br)cc1)OC(C)C. The fourth-order valence-electron chi connectivity index (χ4n) is 1.21. The smallest absolute Gasteiger partial charge is 0.290 e. The maximum Gasteiger partial charge on any atom is 0.290 e. The molecule has 1 rings (SSSR count). The summed E-state index contributed by atoms with van der Waals surface area (Å²) in [5, 5.41) is 2.78. The van der Waals surface area contributed by atoms with Crippen LogP contribution < -0.4 is 5.09 Å². The second-order valence-corrected chi connectivity index (χ2v) is 6.59. The van der Waals surface area contributed by atoms with E-state index in [0.717, 1.165) is 4.47 Å². The molecule has 0 aromatic heterocycles. The molecule has 0 atom stereocenters. The molecule has 1 aromatic carbocycles. The number of carbonyl (C=O) groups is 1. The predicted molar refractivity (Wildman–Crippen MR) is 81.0 cm³/mol. The van der Waals surface area contributed by atoms with Crippen LogP contribution in [0.15, 0.2) is 28.7 Å². The first-order valence-corrected chi connectivity index (χ1v) is 8.05. The van der Waals surface area contributed by atoms with Gasteiger partial charge < -0.3 is 9.05 Å². The Hall–Kier alpha value is -0.480. The van der Waals surface area contributed by atoms with E-state index in [1.807, 2.05) is 39.8 Å². The van der Waals surface area contributed by atoms with E-state index in [2.05, 4.69) is 21.0 Å². The molecule has 6 heteroatoms. The minimum absolute atomic E-state index is 0.00456. The monoisotopic (exact) mass is 347 g/mol. The third kappa shape index (κ3) is 6.48. The Kier molecular flexibility index (Phi) is 6.94. The number of nitrogens with one attached hydrogen (secondary N) is 1. The van der Waals surface area contributed by atoms with Crippen LogP contribution in [-0.4, -0.2) is 18.1 Å². The van der Waals surface area contributed by atoms with Gasteiger partial charge in [-0.1, -0.05) is 15.9 Å². The second kappa shape index (κ2) is 7.95. The number of rotatable bonds is 6. The van der Waals surface area contributed by atoms with Crippen LogP contribution in [0.2, 0.25) is 0 Å². The van der Waals surface area contributed by atoms with E-state index in [9.17, 15) is 4.79 Å². The van der Waals surface area contributed by atoms with Gasteiger partial charge in [-0.3, -0.25) is 9.88 Å². The van der Waals surface area contributed by atoms with Gasteiger partial charge in [-0.2, -0.15) is 0 Å². The van der Waals surface area contributed by atoms with Crippen LogP contribution in [0.25, 0.3) is 0 Å². The minimum Gasteiger partial charge on any atom is -0.315 e. The van der Waals surface area contributed by atoms with Crippen LogP contribution >= 0.6 is 24.5 Å². The van der Waals surface area contributed by atoms with Gasteiger partial charge in [-0.05, 0) is 52.0 Å². The van der Waals surface area contributed by atoms with Gasteiger partial charge in [0.15, 0.2) is 0 Å². The Labute approximate surface area is 124 Å². The van der Waals surface area contributed by atoms with Gasteiger partial charge in [-0.15, -0.1) is 0 Å². The molecule has 0 saturated heterocycles. The average molecular weight is 348 g/mol. The first-order chi connectivity index (χ1) is 8.88. The number of hydrogen-bond acceptors (Lipinski definition) is 3. The zero-order valence-corrected chi connectivity index (χ0v) is 14.0. The molecule has 0 bridgehead atoms. The van der Waals surface area contributed by atoms with E-state index < -0.39 is 8.53 Å². The summed E-state index contributed by atoms with van der Waals surface area (Å²) in [4.78, 5) is 12.1. The van der Waals surface area contributed by atoms with Crippen molar-refractivity contribution >= 4 is 30.4 Å². The normalized spacial score (nSPS) is 11.4. The van der Waals surface area contributed by atoms with Crippen LogP contribution in [0.3, 0.4) is 0 Å². The van der Waals surface area contributed by atoms with E-state index in [1.165, 1.54) is 0 Å². The zero-order chi connectivity index (χ0) is 14.4. The first-order valence-electron chi connectivity index (χ1n) is 6.08. The molecule has 0 radical (unpaired) electrons. The lowest BCUT2D eigenvalue weighted by atomic mass is 10.2. The Bertz CT molecular complexity index is 399. The highest BCUT2D eigenvalue weighted by atomic mass is 79.9. The van der Waals surface area contributed by atoms with E-state index in [-0.39, 0.29) is 18.1 Å². The predicted octanol–water partition coefficient (Wildman–Crippen LogP) is 4.26. The Morgan fingerprint density at radius 1 is 1.11 bits per heavy atom. The molecular weight excluding hydrogens is 329 g/mol. The lowest BCUT2D eigenvalue weighted by molar-refractivity contribution is 0.0959. The second-order valence-electron chi connectivity index (χ2n) is 4.51. The molecule has 0 fully saturated rings. The Morgan fingerprint density at radius 2 is 1.58 bits per heavy atom. The third-order valence-electron chi connectivity index (χ3n) is 1.91. The summed E-state index contributed by atoms with van der Waals surface area (Å²) < 4.78 is 12.1. The van der Waals surface area contributed by atoms with E-state index in [4.69, 9.17) is 9.05 Å². The molecule has 0 unspecified atom stereocenters. The van der Waals surface area contributed by atoms with Gasteiger partial charge in [0, 0.05) is 10.0 Å². The Balaban J connectivity index is 2.66. The van der Waals surface area contributed by atoms with Crippen molar-refractivity contribution in [2.75, 3.05) is 0 Å². The molecule has 0 aliphatic carbocycles. The van der Waals surface area contributed by atoms with Crippen LogP contribution in [0.5, 0.6) is 0 Å². The van der Waals surface area contributed by atoms with Gasteiger partial charge >= 0.3 is 0 Å². The van der Waals surface area contributed by atoms with Crippen molar-refractivity contribution in [2.24, 2.45) is 0 Å². The van der Waals surface area contributed by atoms with E-state index in [1.54, 1.807) is 12.1 Å². The van der Waals surface area contributed by atoms with E-state index >= 15 is 0 Å². The summed E-state index contributed by atoms with van der Waals surface area (Å²) in [6.07, 6.45) is -0.00911. The largest absolute Gasteiger partial charge is 0.315 e. The third-order valence-corrected chi connectivity index (χ3v) is 4.05. The number of carbonyl (C=O) groups excluding carboxylic acids is 1. The van der Waals surface area contributed by atoms with Crippen molar-refractivity contribution in [2.45, 2.75) is 39.9 Å². The van der Waals surface area contributed by atoms with Gasteiger partial charge in [0.05, 0.1) is 12.2 Å². The molecule has 0 aliphatic heterocycles. The molecule has 4 nitrogen and oxygen atoms in total. The van der Waals surface area contributed by atoms with Gasteiger partial charge in [0.1, 0.15) is 0 Å². The van der Waals surface area contributed by atoms with Crippen molar-refractivity contribution in [1.82, 2.24) is 5.09 Å². The molecule has 0 saturated carbocycles. The maximum absolute atomic E-state index is 12.1. The number of amides is 1. The van der Waals surface area contributed by atoms with Crippen LogP contribution in [-0.2, 0) is 9.05 Å². The lowest BCUT2D eigenvalue weighted by Gasteiger charge is -2.21. The number of benzene rings is 1. The summed E-state index contributed by atoms with van der Waals surface area (Å²) in [7, 11) is -1.42. The molecule has 106 valence electrons. The molecule has 1 N–H and O–H groups in total. The summed E-state index contributed by atoms with van der Waals surface area (Å²) in [6, 6.07) is 7.14. The molecule has 0 heterocycles. The molecule has 1 aromatic rings. The summed E-state index contributed by atoms with van der Waals surface area (Å²) in [6.45, 7) is 7.63. The number of hydrogen-bond donors (Lipinski definition) is 1. The van der Waals surface area contributed by atoms with Gasteiger partial charge in [0.2, 0.25) is 0 Å². The maximum atomic E-state index is 12.1. The summed E-state index contributed by atoms with van der Waals surface area (Å²) in [5.74, 6) is -0.195. The zero-order valence-electron chi connectivity index (χ0n) is 11.5. The highest BCUT2D eigenvalue weighted by Crippen LogP contribution is 2.37. The first kappa shape index (κ1) is 16.6. The minimum atomic E-state index is -1.42. The van der Waals surface area contributed by atoms with Crippen molar-refractivity contribution < 1.29 is 13.8 Å². The molecule has 19 heavy (non-hydrogen) atoms. The molecule has 0 aliphatic rings. The topological polar surface area (TPSA) is 47.6 Å². The summed E-state index contributed by atoms with van der Waals surface area (Å²) >= 11 is 3.33. The molecular formula is C13H19BrNO3P. The highest BCUT2D eigenvalue weighted by molar-refractivity contribution is 9.10. The quantitative estimate of drug-likeness (QED) is 0.782. The molecule has 0 spiro atoms. The van der Waals surface area contributed by atoms with Crippen molar-refractivity contribution in [3.05, 3.63) is 34.3 Å². The van der Waals surface area contributed by atoms with Crippen LogP contribution in [0.1, 0.15) is 38.1 Å². The van der Waals surface area contributed by atoms with Crippen molar-refractivity contribution in [1.29, 1.82) is 0 Å². The van der Waals surface area contributed by atoms with Gasteiger partial charge in [-0.25, -0.2) is 0 Å². The average Bonchev–Trinajstić information content (AvgIpc) is 2.27. The molecule has 1 amide bonds. The Morgan fingerprint density at radius 3 is 2.00 bits per heavy atom. The highest BCUT2D eigenvalue weighted by Gasteiger charge is 2.19. The van der Waals surface area contributed by atoms with Crippen molar-refractivity contribution in [3.8, 4) is 0 Å². The standard InChI is InChI=1S/C13H19BrNO3P/c1-9(2)17-19(18-10(3)4)15-13(16)11-5-7-12(14)8-6-11/h5-10H,1-4H3,(H,15,16). The van der Waals surface area contributed by atoms with Gasteiger partial charge in [0.25, 0.3) is 14.4 Å². The van der Waals surface area contributed by atoms with Crippen LogP contribution in [0.4, 0.5) is 0 Å². The number of halogens is 1. The fraction of sp³-hybridized carbons (Fsp3) is 0.462. The van der Waals surface area contributed by atoms with Crippen molar-refractivity contribution in [3.63, 3.8) is 0 Å². The van der Waals surface area contributed by atoms with E-state index in [0.29, 0.717) is 5.56 Å². The lowest BCUT2D eigenvalue weighted by Crippen LogP contribution is -2.22.